The van der Waals surface area contributed by atoms with Gasteiger partial charge in [0.15, 0.2) is 0 Å². The summed E-state index contributed by atoms with van der Waals surface area (Å²) in [5, 5.41) is 11.3. The van der Waals surface area contributed by atoms with E-state index < -0.39 is 12.6 Å². The predicted molar refractivity (Wildman–Crippen MR) is 94.2 cm³/mol. The van der Waals surface area contributed by atoms with Gasteiger partial charge in [-0.3, -0.25) is 9.59 Å². The lowest BCUT2D eigenvalue weighted by Gasteiger charge is -2.09. The van der Waals surface area contributed by atoms with Crippen molar-refractivity contribution in [1.82, 2.24) is 0 Å². The van der Waals surface area contributed by atoms with Gasteiger partial charge in [0, 0.05) is 12.1 Å². The molecule has 0 saturated carbocycles. The number of hydrogen-bond donors (Lipinski definition) is 2. The van der Waals surface area contributed by atoms with Gasteiger partial charge in [-0.05, 0) is 48.4 Å². The number of carboxylic acids is 1. The predicted octanol–water partition coefficient (Wildman–Crippen LogP) is 3.71. The van der Waals surface area contributed by atoms with E-state index in [4.69, 9.17) is 9.84 Å². The summed E-state index contributed by atoms with van der Waals surface area (Å²) in [7, 11) is 0. The van der Waals surface area contributed by atoms with Crippen LogP contribution in [0.4, 0.5) is 14.5 Å². The molecule has 2 aromatic rings. The Balaban J connectivity index is 1.79. The number of anilines is 1. The van der Waals surface area contributed by atoms with Gasteiger partial charge in [-0.25, -0.2) is 0 Å². The van der Waals surface area contributed by atoms with Crippen molar-refractivity contribution in [2.45, 2.75) is 25.9 Å². The van der Waals surface area contributed by atoms with Crippen LogP contribution in [0.3, 0.4) is 0 Å². The number of ether oxygens (including phenoxy) is 2. The fourth-order valence-corrected chi connectivity index (χ4v) is 2.23. The Morgan fingerprint density at radius 1 is 1.00 bits per heavy atom. The van der Waals surface area contributed by atoms with Crippen LogP contribution in [0.25, 0.3) is 0 Å². The third-order valence-electron chi connectivity index (χ3n) is 3.45. The summed E-state index contributed by atoms with van der Waals surface area (Å²) in [5.41, 5.74) is 1.24. The number of halogens is 2. The molecule has 0 saturated heterocycles. The van der Waals surface area contributed by atoms with Gasteiger partial charge in [-0.15, -0.1) is 0 Å². The van der Waals surface area contributed by atoms with Gasteiger partial charge in [0.05, 0.1) is 13.0 Å². The molecule has 0 aromatic heterocycles. The Labute approximate surface area is 154 Å². The Morgan fingerprint density at radius 3 is 2.22 bits per heavy atom. The number of amides is 1. The molecule has 0 heterocycles. The highest BCUT2D eigenvalue weighted by Gasteiger charge is 2.07. The third-order valence-corrected chi connectivity index (χ3v) is 3.45. The van der Waals surface area contributed by atoms with Crippen molar-refractivity contribution >= 4 is 17.6 Å². The number of rotatable bonds is 10. The summed E-state index contributed by atoms with van der Waals surface area (Å²) in [4.78, 5) is 22.5. The van der Waals surface area contributed by atoms with Gasteiger partial charge in [0.1, 0.15) is 11.5 Å². The average molecular weight is 379 g/mol. The molecule has 2 aromatic carbocycles. The van der Waals surface area contributed by atoms with E-state index in [9.17, 15) is 18.4 Å². The lowest BCUT2D eigenvalue weighted by molar-refractivity contribution is -0.137. The molecular weight excluding hydrogens is 360 g/mol. The fraction of sp³-hybridized carbons (Fsp3) is 0.263. The first kappa shape index (κ1) is 20.2. The van der Waals surface area contributed by atoms with E-state index in [2.05, 4.69) is 10.1 Å². The minimum atomic E-state index is -2.89. The van der Waals surface area contributed by atoms with E-state index in [-0.39, 0.29) is 24.5 Å². The van der Waals surface area contributed by atoms with Crippen molar-refractivity contribution < 1.29 is 33.0 Å². The van der Waals surface area contributed by atoms with Gasteiger partial charge in [0.25, 0.3) is 0 Å². The Kier molecular flexibility index (Phi) is 7.54. The van der Waals surface area contributed by atoms with Crippen LogP contribution >= 0.6 is 0 Å². The van der Waals surface area contributed by atoms with Crippen molar-refractivity contribution in [1.29, 1.82) is 0 Å². The summed E-state index contributed by atoms with van der Waals surface area (Å²) >= 11 is 0. The molecule has 0 unspecified atom stereocenters. The molecule has 27 heavy (non-hydrogen) atoms. The number of carbonyl (C=O) groups excluding carboxylic acids is 1. The van der Waals surface area contributed by atoms with Crippen LogP contribution in [0.5, 0.6) is 11.5 Å². The second-order valence-electron chi connectivity index (χ2n) is 5.62. The summed E-state index contributed by atoms with van der Waals surface area (Å²) in [6.07, 6.45) is 0.542. The molecule has 0 aliphatic carbocycles. The molecule has 144 valence electrons. The van der Waals surface area contributed by atoms with Crippen LogP contribution in [-0.2, 0) is 16.0 Å². The molecule has 0 spiro atoms. The zero-order valence-corrected chi connectivity index (χ0v) is 14.4. The van der Waals surface area contributed by atoms with E-state index in [1.165, 1.54) is 12.1 Å². The molecule has 0 aliphatic heterocycles. The minimum absolute atomic E-state index is 0.0353. The van der Waals surface area contributed by atoms with Crippen molar-refractivity contribution in [3.63, 3.8) is 0 Å². The van der Waals surface area contributed by atoms with E-state index in [1.54, 1.807) is 36.4 Å². The average Bonchev–Trinajstić information content (AvgIpc) is 2.61. The Morgan fingerprint density at radius 2 is 1.63 bits per heavy atom. The molecule has 6 nitrogen and oxygen atoms in total. The second-order valence-corrected chi connectivity index (χ2v) is 5.62. The number of alkyl halides is 2. The molecule has 1 amide bonds. The van der Waals surface area contributed by atoms with Crippen molar-refractivity contribution in [3.8, 4) is 11.5 Å². The van der Waals surface area contributed by atoms with E-state index in [0.717, 1.165) is 0 Å². The highest BCUT2D eigenvalue weighted by atomic mass is 19.3. The zero-order chi connectivity index (χ0) is 19.6. The van der Waals surface area contributed by atoms with Crippen molar-refractivity contribution in [3.05, 3.63) is 54.1 Å². The van der Waals surface area contributed by atoms with Gasteiger partial charge in [-0.2, -0.15) is 8.78 Å². The van der Waals surface area contributed by atoms with Crippen LogP contribution in [-0.4, -0.2) is 30.2 Å². The number of benzene rings is 2. The van der Waals surface area contributed by atoms with E-state index in [1.807, 2.05) is 0 Å². The SMILES string of the molecule is O=C(O)CCCOc1ccc(NC(=O)Cc2ccc(OC(F)F)cc2)cc1. The zero-order valence-electron chi connectivity index (χ0n) is 14.4. The lowest BCUT2D eigenvalue weighted by atomic mass is 10.1. The van der Waals surface area contributed by atoms with Gasteiger partial charge < -0.3 is 19.9 Å². The number of hydrogen-bond acceptors (Lipinski definition) is 4. The summed E-state index contributed by atoms with van der Waals surface area (Å²) in [6, 6.07) is 12.5. The summed E-state index contributed by atoms with van der Waals surface area (Å²) < 4.78 is 33.9. The number of carbonyl (C=O) groups is 2. The molecule has 2 rings (SSSR count). The van der Waals surface area contributed by atoms with Crippen LogP contribution < -0.4 is 14.8 Å². The fourth-order valence-electron chi connectivity index (χ4n) is 2.23. The molecule has 0 atom stereocenters. The molecule has 8 heteroatoms. The number of carboxylic acid groups (broad SMARTS) is 1. The highest BCUT2D eigenvalue weighted by Crippen LogP contribution is 2.18. The van der Waals surface area contributed by atoms with Gasteiger partial charge >= 0.3 is 12.6 Å². The normalized spacial score (nSPS) is 10.5. The molecule has 2 N–H and O–H groups in total. The van der Waals surface area contributed by atoms with E-state index >= 15 is 0 Å². The molecule has 0 bridgehead atoms. The third kappa shape index (κ3) is 7.72. The topological polar surface area (TPSA) is 84.9 Å². The standard InChI is InChI=1S/C19H19F2NO5/c20-19(21)27-16-7-3-13(4-8-16)12-17(23)22-14-5-9-15(10-6-14)26-11-1-2-18(24)25/h3-10,19H,1-2,11-12H2,(H,22,23)(H,24,25). The van der Waals surface area contributed by atoms with Crippen molar-refractivity contribution in [2.75, 3.05) is 11.9 Å². The highest BCUT2D eigenvalue weighted by molar-refractivity contribution is 5.92. The molecular formula is C19H19F2NO5. The molecule has 0 radical (unpaired) electrons. The Bertz CT molecular complexity index is 748. The summed E-state index contributed by atoms with van der Waals surface area (Å²) in [6.45, 7) is -2.59. The number of nitrogens with one attached hydrogen (secondary N) is 1. The second kappa shape index (κ2) is 10.1. The van der Waals surface area contributed by atoms with Crippen LogP contribution in [0.2, 0.25) is 0 Å². The smallest absolute Gasteiger partial charge is 0.387 e. The number of aliphatic carboxylic acids is 1. The largest absolute Gasteiger partial charge is 0.494 e. The molecule has 0 aliphatic rings. The van der Waals surface area contributed by atoms with Gasteiger partial charge in [-0.1, -0.05) is 12.1 Å². The minimum Gasteiger partial charge on any atom is -0.494 e. The van der Waals surface area contributed by atoms with Crippen molar-refractivity contribution in [2.24, 2.45) is 0 Å². The first-order valence-electron chi connectivity index (χ1n) is 8.20. The van der Waals surface area contributed by atoms with E-state index in [0.29, 0.717) is 30.0 Å². The van der Waals surface area contributed by atoms with Gasteiger partial charge in [0.2, 0.25) is 5.91 Å². The first-order chi connectivity index (χ1) is 12.9. The monoisotopic (exact) mass is 379 g/mol. The van der Waals surface area contributed by atoms with Crippen LogP contribution in [0.1, 0.15) is 18.4 Å². The lowest BCUT2D eigenvalue weighted by Crippen LogP contribution is -2.14. The van der Waals surface area contributed by atoms with Crippen LogP contribution in [0, 0.1) is 0 Å². The maximum atomic E-state index is 12.1. The Hall–Kier alpha value is -3.16. The van der Waals surface area contributed by atoms with Crippen LogP contribution in [0.15, 0.2) is 48.5 Å². The quantitative estimate of drug-likeness (QED) is 0.615. The first-order valence-corrected chi connectivity index (χ1v) is 8.20. The maximum Gasteiger partial charge on any atom is 0.387 e. The maximum absolute atomic E-state index is 12.1. The summed E-state index contributed by atoms with van der Waals surface area (Å²) in [5.74, 6) is -0.512. The molecule has 0 fully saturated rings.